The summed E-state index contributed by atoms with van der Waals surface area (Å²) in [4.78, 5) is 9.31. The average molecular weight is 206 g/mol. The first kappa shape index (κ1) is 9.81. The predicted molar refractivity (Wildman–Crippen MR) is 42.3 cm³/mol. The van der Waals surface area contributed by atoms with Gasteiger partial charge in [0.25, 0.3) is 0 Å². The van der Waals surface area contributed by atoms with E-state index in [9.17, 15) is 18.5 Å². The lowest BCUT2D eigenvalue weighted by Gasteiger charge is -1.98. The summed E-state index contributed by atoms with van der Waals surface area (Å²) in [5.74, 6) is 0. The van der Waals surface area contributed by atoms with Gasteiger partial charge in [0.1, 0.15) is 0 Å². The van der Waals surface area contributed by atoms with E-state index >= 15 is 0 Å². The topological polar surface area (TPSA) is 121 Å². The summed E-state index contributed by atoms with van der Waals surface area (Å²) in [7, 11) is -4.22. The molecule has 7 nitrogen and oxygen atoms in total. The fraction of sp³-hybridized carbons (Fsp3) is 0.400. The Morgan fingerprint density at radius 3 is 2.23 bits per heavy atom. The second kappa shape index (κ2) is 2.60. The smallest absolute Gasteiger partial charge is 0.308 e. The molecule has 0 saturated carbocycles. The van der Waals surface area contributed by atoms with E-state index in [-0.39, 0.29) is 5.57 Å². The minimum absolute atomic E-state index is 0.310. The number of hydrogen-bond donors (Lipinski definition) is 2. The van der Waals surface area contributed by atoms with Crippen LogP contribution >= 0.6 is 0 Å². The number of nitro groups is 1. The summed E-state index contributed by atoms with van der Waals surface area (Å²) in [5.41, 5.74) is -3.08. The van der Waals surface area contributed by atoms with Crippen molar-refractivity contribution in [3.05, 3.63) is 21.4 Å². The molecule has 0 fully saturated rings. The molecular weight excluding hydrogens is 200 g/mol. The Kier molecular flexibility index (Phi) is 1.96. The van der Waals surface area contributed by atoms with E-state index in [0.717, 1.165) is 6.92 Å². The van der Waals surface area contributed by atoms with Crippen molar-refractivity contribution in [3.8, 4) is 0 Å². The zero-order valence-corrected chi connectivity index (χ0v) is 7.33. The highest BCUT2D eigenvalue weighted by molar-refractivity contribution is 8.07. The normalized spacial score (nSPS) is 26.6. The summed E-state index contributed by atoms with van der Waals surface area (Å²) in [6, 6.07) is 0. The van der Waals surface area contributed by atoms with Crippen LogP contribution < -0.4 is 0 Å². The third-order valence-corrected chi connectivity index (χ3v) is 3.42. The van der Waals surface area contributed by atoms with Gasteiger partial charge in [-0.05, 0) is 6.92 Å². The lowest BCUT2D eigenvalue weighted by molar-refractivity contribution is -0.415. The first-order chi connectivity index (χ1) is 5.80. The molecule has 1 unspecified atom stereocenters. The Hall–Kier alpha value is -1.28. The molecule has 1 aliphatic rings. The van der Waals surface area contributed by atoms with Crippen LogP contribution in [0.25, 0.3) is 0 Å². The van der Waals surface area contributed by atoms with Crippen molar-refractivity contribution in [3.63, 3.8) is 0 Å². The maximum atomic E-state index is 11.0. The van der Waals surface area contributed by atoms with Crippen molar-refractivity contribution in [1.82, 2.24) is 0 Å². The third kappa shape index (κ3) is 1.14. The standard InChI is InChI=1S/C5H6N2O5S/c1-2-3(7(9)10)4(6)13(11,12)5(2)8/h5-6,8H,1H3. The molecule has 8 heteroatoms. The van der Waals surface area contributed by atoms with Crippen molar-refractivity contribution in [2.24, 2.45) is 0 Å². The van der Waals surface area contributed by atoms with Crippen LogP contribution in [-0.4, -0.2) is 28.9 Å². The number of hydrogen-bond acceptors (Lipinski definition) is 6. The van der Waals surface area contributed by atoms with Gasteiger partial charge in [-0.15, -0.1) is 0 Å². The maximum absolute atomic E-state index is 11.0. The molecule has 1 heterocycles. The van der Waals surface area contributed by atoms with Gasteiger partial charge in [0, 0.05) is 0 Å². The Morgan fingerprint density at radius 2 is 2.08 bits per heavy atom. The van der Waals surface area contributed by atoms with Gasteiger partial charge >= 0.3 is 5.70 Å². The minimum Gasteiger partial charge on any atom is -0.373 e. The average Bonchev–Trinajstić information content (AvgIpc) is 2.14. The van der Waals surface area contributed by atoms with Gasteiger partial charge in [0.05, 0.1) is 10.5 Å². The highest BCUT2D eigenvalue weighted by atomic mass is 32.2. The molecule has 1 aliphatic heterocycles. The lowest BCUT2D eigenvalue weighted by atomic mass is 10.2. The van der Waals surface area contributed by atoms with Gasteiger partial charge in [-0.1, -0.05) is 0 Å². The lowest BCUT2D eigenvalue weighted by Crippen LogP contribution is -2.21. The van der Waals surface area contributed by atoms with Crippen LogP contribution in [0.2, 0.25) is 0 Å². The summed E-state index contributed by atoms with van der Waals surface area (Å²) in [6.07, 6.45) is 0. The Balaban J connectivity index is 3.42. The van der Waals surface area contributed by atoms with E-state index in [2.05, 4.69) is 0 Å². The van der Waals surface area contributed by atoms with Crippen LogP contribution in [0.1, 0.15) is 6.92 Å². The SMILES string of the molecule is CC1=C([N+](=O)[O-])C(=N)S(=O)(=O)C1O. The van der Waals surface area contributed by atoms with Crippen LogP contribution in [0.15, 0.2) is 11.3 Å². The number of nitrogens with one attached hydrogen (secondary N) is 1. The van der Waals surface area contributed by atoms with Crippen molar-refractivity contribution in [2.45, 2.75) is 12.4 Å². The first-order valence-electron chi connectivity index (χ1n) is 3.16. The van der Waals surface area contributed by atoms with E-state index in [1.807, 2.05) is 0 Å². The van der Waals surface area contributed by atoms with Crippen LogP contribution in [-0.2, 0) is 9.84 Å². The van der Waals surface area contributed by atoms with E-state index in [0.29, 0.717) is 0 Å². The molecule has 0 spiro atoms. The number of aliphatic hydroxyl groups is 1. The zero-order valence-electron chi connectivity index (χ0n) is 6.51. The molecule has 2 N–H and O–H groups in total. The Morgan fingerprint density at radius 1 is 1.62 bits per heavy atom. The number of nitrogens with zero attached hydrogens (tertiary/aromatic N) is 1. The van der Waals surface area contributed by atoms with Gasteiger partial charge in [0.2, 0.25) is 14.9 Å². The molecule has 0 aromatic carbocycles. The van der Waals surface area contributed by atoms with Crippen molar-refractivity contribution < 1.29 is 18.4 Å². The molecule has 0 saturated heterocycles. The maximum Gasteiger partial charge on any atom is 0.308 e. The summed E-state index contributed by atoms with van der Waals surface area (Å²) < 4.78 is 22.0. The molecule has 1 rings (SSSR count). The van der Waals surface area contributed by atoms with Crippen molar-refractivity contribution >= 4 is 14.9 Å². The van der Waals surface area contributed by atoms with E-state index in [1.165, 1.54) is 0 Å². The predicted octanol–water partition coefficient (Wildman–Crippen LogP) is -0.739. The van der Waals surface area contributed by atoms with Gasteiger partial charge in [0.15, 0.2) is 5.44 Å². The van der Waals surface area contributed by atoms with E-state index in [4.69, 9.17) is 10.5 Å². The highest BCUT2D eigenvalue weighted by Gasteiger charge is 2.47. The van der Waals surface area contributed by atoms with Crippen LogP contribution in [0.4, 0.5) is 0 Å². The van der Waals surface area contributed by atoms with Gasteiger partial charge in [-0.2, -0.15) is 0 Å². The quantitative estimate of drug-likeness (QED) is 0.432. The van der Waals surface area contributed by atoms with Gasteiger partial charge in [-0.3, -0.25) is 15.5 Å². The molecule has 0 aromatic rings. The van der Waals surface area contributed by atoms with E-state index < -0.39 is 30.9 Å². The molecule has 0 bridgehead atoms. The van der Waals surface area contributed by atoms with Crippen molar-refractivity contribution in [2.75, 3.05) is 0 Å². The molecular formula is C5H6N2O5S. The molecule has 72 valence electrons. The Labute approximate surface area is 73.3 Å². The van der Waals surface area contributed by atoms with Crippen LogP contribution in [0, 0.1) is 15.5 Å². The highest BCUT2D eigenvalue weighted by Crippen LogP contribution is 2.26. The first-order valence-corrected chi connectivity index (χ1v) is 4.71. The number of rotatable bonds is 1. The van der Waals surface area contributed by atoms with Crippen molar-refractivity contribution in [1.29, 1.82) is 5.41 Å². The van der Waals surface area contributed by atoms with Crippen LogP contribution in [0.5, 0.6) is 0 Å². The monoisotopic (exact) mass is 206 g/mol. The third-order valence-electron chi connectivity index (χ3n) is 1.72. The minimum atomic E-state index is -4.22. The summed E-state index contributed by atoms with van der Waals surface area (Å²) in [6.45, 7) is 1.11. The number of aliphatic hydroxyl groups excluding tert-OH is 1. The second-order valence-electron chi connectivity index (χ2n) is 2.52. The van der Waals surface area contributed by atoms with Crippen LogP contribution in [0.3, 0.4) is 0 Å². The fourth-order valence-electron chi connectivity index (χ4n) is 1.00. The number of sulfone groups is 1. The second-order valence-corrected chi connectivity index (χ2v) is 4.46. The molecule has 1 atom stereocenters. The summed E-state index contributed by atoms with van der Waals surface area (Å²) in [5, 5.41) is 25.1. The molecule has 13 heavy (non-hydrogen) atoms. The van der Waals surface area contributed by atoms with Gasteiger partial charge in [-0.25, -0.2) is 8.42 Å². The Bertz CT molecular complexity index is 420. The summed E-state index contributed by atoms with van der Waals surface area (Å²) >= 11 is 0. The zero-order chi connectivity index (χ0) is 10.4. The van der Waals surface area contributed by atoms with Gasteiger partial charge < -0.3 is 5.11 Å². The molecule has 0 aliphatic carbocycles. The largest absolute Gasteiger partial charge is 0.373 e. The molecule has 0 aromatic heterocycles. The van der Waals surface area contributed by atoms with E-state index in [1.54, 1.807) is 0 Å². The molecule has 0 radical (unpaired) electrons. The fourth-order valence-corrected chi connectivity index (χ4v) is 2.31. The molecule has 0 amide bonds.